The molecule has 0 aromatic heterocycles. The summed E-state index contributed by atoms with van der Waals surface area (Å²) in [6.07, 6.45) is 0. The largest absolute Gasteiger partial charge is 0.452 e. The zero-order chi connectivity index (χ0) is 16.8. The Hall–Kier alpha value is -2.40. The van der Waals surface area contributed by atoms with E-state index in [1.54, 1.807) is 0 Å². The van der Waals surface area contributed by atoms with Gasteiger partial charge in [-0.25, -0.2) is 9.18 Å². The third-order valence-corrected chi connectivity index (χ3v) is 3.42. The quantitative estimate of drug-likeness (QED) is 0.853. The van der Waals surface area contributed by atoms with E-state index in [1.807, 2.05) is 31.2 Å². The standard InChI is InChI=1S/C17H15ClFNO3/c1-11-2-4-12(5-3-11)9-20-16(21)10-23-17(22)14-8-13(19)6-7-15(14)18/h2-8H,9-10H2,1H3,(H,20,21). The average molecular weight is 336 g/mol. The minimum absolute atomic E-state index is 0.0662. The van der Waals surface area contributed by atoms with Crippen LogP contribution in [0, 0.1) is 12.7 Å². The molecule has 0 bridgehead atoms. The molecule has 4 nitrogen and oxygen atoms in total. The summed E-state index contributed by atoms with van der Waals surface area (Å²) in [6, 6.07) is 11.0. The Kier molecular flexibility index (Phi) is 5.71. The van der Waals surface area contributed by atoms with Crippen LogP contribution < -0.4 is 5.32 Å². The van der Waals surface area contributed by atoms with E-state index >= 15 is 0 Å². The molecule has 0 aliphatic rings. The zero-order valence-electron chi connectivity index (χ0n) is 12.4. The minimum atomic E-state index is -0.847. The lowest BCUT2D eigenvalue weighted by molar-refractivity contribution is -0.124. The number of hydrogen-bond acceptors (Lipinski definition) is 3. The van der Waals surface area contributed by atoms with E-state index in [4.69, 9.17) is 16.3 Å². The number of amides is 1. The number of nitrogens with one attached hydrogen (secondary N) is 1. The number of hydrogen-bond donors (Lipinski definition) is 1. The third-order valence-electron chi connectivity index (χ3n) is 3.09. The van der Waals surface area contributed by atoms with Crippen molar-refractivity contribution in [1.29, 1.82) is 0 Å². The van der Waals surface area contributed by atoms with Crippen LogP contribution in [-0.2, 0) is 16.1 Å². The van der Waals surface area contributed by atoms with Crippen molar-refractivity contribution >= 4 is 23.5 Å². The van der Waals surface area contributed by atoms with Crippen molar-refractivity contribution in [3.8, 4) is 0 Å². The summed E-state index contributed by atoms with van der Waals surface area (Å²) in [5.41, 5.74) is 1.95. The minimum Gasteiger partial charge on any atom is -0.452 e. The molecule has 6 heteroatoms. The number of halogens is 2. The molecule has 0 unspecified atom stereocenters. The molecule has 23 heavy (non-hydrogen) atoms. The van der Waals surface area contributed by atoms with E-state index in [0.717, 1.165) is 23.3 Å². The lowest BCUT2D eigenvalue weighted by atomic mass is 10.1. The molecule has 2 aromatic carbocycles. The molecule has 0 heterocycles. The van der Waals surface area contributed by atoms with Gasteiger partial charge in [0.25, 0.3) is 5.91 Å². The van der Waals surface area contributed by atoms with Crippen LogP contribution in [0.25, 0.3) is 0 Å². The van der Waals surface area contributed by atoms with Crippen molar-refractivity contribution in [2.45, 2.75) is 13.5 Å². The van der Waals surface area contributed by atoms with Gasteiger partial charge in [0, 0.05) is 6.54 Å². The first-order valence-electron chi connectivity index (χ1n) is 6.90. The molecule has 0 aliphatic heterocycles. The predicted molar refractivity (Wildman–Crippen MR) is 84.7 cm³/mol. The molecule has 1 amide bonds. The van der Waals surface area contributed by atoms with Gasteiger partial charge in [-0.2, -0.15) is 0 Å². The Morgan fingerprint density at radius 1 is 1.17 bits per heavy atom. The number of aryl methyl sites for hydroxylation is 1. The Balaban J connectivity index is 1.83. The van der Waals surface area contributed by atoms with Crippen LogP contribution in [0.5, 0.6) is 0 Å². The van der Waals surface area contributed by atoms with Crippen molar-refractivity contribution in [2.24, 2.45) is 0 Å². The van der Waals surface area contributed by atoms with Gasteiger partial charge >= 0.3 is 5.97 Å². The average Bonchev–Trinajstić information content (AvgIpc) is 2.54. The molecule has 0 spiro atoms. The van der Waals surface area contributed by atoms with E-state index in [9.17, 15) is 14.0 Å². The summed E-state index contributed by atoms with van der Waals surface area (Å²) in [5.74, 6) is -1.91. The first-order valence-corrected chi connectivity index (χ1v) is 7.28. The highest BCUT2D eigenvalue weighted by molar-refractivity contribution is 6.33. The van der Waals surface area contributed by atoms with E-state index in [1.165, 1.54) is 6.07 Å². The first-order chi connectivity index (χ1) is 11.0. The molecule has 0 atom stereocenters. The van der Waals surface area contributed by atoms with Crippen molar-refractivity contribution in [3.63, 3.8) is 0 Å². The highest BCUT2D eigenvalue weighted by Crippen LogP contribution is 2.17. The molecular formula is C17H15ClFNO3. The summed E-state index contributed by atoms with van der Waals surface area (Å²) < 4.78 is 17.9. The van der Waals surface area contributed by atoms with Gasteiger partial charge < -0.3 is 10.1 Å². The van der Waals surface area contributed by atoms with Gasteiger partial charge in [0.15, 0.2) is 6.61 Å². The Labute approximate surface area is 138 Å². The SMILES string of the molecule is Cc1ccc(CNC(=O)COC(=O)c2cc(F)ccc2Cl)cc1. The maximum Gasteiger partial charge on any atom is 0.340 e. The van der Waals surface area contributed by atoms with Crippen LogP contribution in [0.4, 0.5) is 4.39 Å². The molecule has 2 rings (SSSR count). The van der Waals surface area contributed by atoms with Crippen molar-refractivity contribution in [3.05, 3.63) is 70.0 Å². The fourth-order valence-electron chi connectivity index (χ4n) is 1.82. The smallest absolute Gasteiger partial charge is 0.340 e. The Morgan fingerprint density at radius 2 is 1.87 bits per heavy atom. The highest BCUT2D eigenvalue weighted by Gasteiger charge is 2.14. The van der Waals surface area contributed by atoms with Crippen LogP contribution in [0.3, 0.4) is 0 Å². The van der Waals surface area contributed by atoms with E-state index in [-0.39, 0.29) is 10.6 Å². The van der Waals surface area contributed by atoms with E-state index < -0.39 is 24.3 Å². The molecular weight excluding hydrogens is 321 g/mol. The summed E-state index contributed by atoms with van der Waals surface area (Å²) in [4.78, 5) is 23.5. The normalized spacial score (nSPS) is 10.2. The van der Waals surface area contributed by atoms with Crippen LogP contribution in [-0.4, -0.2) is 18.5 Å². The number of carbonyl (C=O) groups is 2. The molecule has 2 aromatic rings. The first kappa shape index (κ1) is 17.0. The topological polar surface area (TPSA) is 55.4 Å². The van der Waals surface area contributed by atoms with Crippen molar-refractivity contribution < 1.29 is 18.7 Å². The molecule has 0 fully saturated rings. The monoisotopic (exact) mass is 335 g/mol. The van der Waals surface area contributed by atoms with Crippen LogP contribution in [0.15, 0.2) is 42.5 Å². The fraction of sp³-hybridized carbons (Fsp3) is 0.176. The van der Waals surface area contributed by atoms with E-state index in [2.05, 4.69) is 5.32 Å². The number of carbonyl (C=O) groups excluding carboxylic acids is 2. The summed E-state index contributed by atoms with van der Waals surface area (Å²) in [5, 5.41) is 2.69. The third kappa shape index (κ3) is 5.07. The van der Waals surface area contributed by atoms with Crippen molar-refractivity contribution in [2.75, 3.05) is 6.61 Å². The number of ether oxygens (including phenoxy) is 1. The van der Waals surface area contributed by atoms with E-state index in [0.29, 0.717) is 6.54 Å². The highest BCUT2D eigenvalue weighted by atomic mass is 35.5. The van der Waals surface area contributed by atoms with Gasteiger partial charge in [0.05, 0.1) is 10.6 Å². The lowest BCUT2D eigenvalue weighted by Gasteiger charge is -2.08. The van der Waals surface area contributed by atoms with Crippen LogP contribution in [0.2, 0.25) is 5.02 Å². The van der Waals surface area contributed by atoms with Gasteiger partial charge in [0.2, 0.25) is 0 Å². The lowest BCUT2D eigenvalue weighted by Crippen LogP contribution is -2.28. The maximum absolute atomic E-state index is 13.1. The van der Waals surface area contributed by atoms with Crippen LogP contribution in [0.1, 0.15) is 21.5 Å². The Morgan fingerprint density at radius 3 is 2.57 bits per heavy atom. The zero-order valence-corrected chi connectivity index (χ0v) is 13.2. The molecule has 0 radical (unpaired) electrons. The number of rotatable bonds is 5. The van der Waals surface area contributed by atoms with Gasteiger partial charge in [-0.1, -0.05) is 41.4 Å². The summed E-state index contributed by atoms with van der Waals surface area (Å²) >= 11 is 5.79. The molecule has 1 N–H and O–H groups in total. The fourth-order valence-corrected chi connectivity index (χ4v) is 2.02. The number of esters is 1. The summed E-state index contributed by atoms with van der Waals surface area (Å²) in [7, 11) is 0. The molecule has 0 saturated carbocycles. The van der Waals surface area contributed by atoms with Gasteiger partial charge in [-0.05, 0) is 30.7 Å². The van der Waals surface area contributed by atoms with Gasteiger partial charge in [0.1, 0.15) is 5.82 Å². The second-order valence-electron chi connectivity index (χ2n) is 4.96. The molecule has 0 saturated heterocycles. The predicted octanol–water partition coefficient (Wildman–Crippen LogP) is 3.26. The summed E-state index contributed by atoms with van der Waals surface area (Å²) in [6.45, 7) is 1.84. The molecule has 120 valence electrons. The second-order valence-corrected chi connectivity index (χ2v) is 5.37. The maximum atomic E-state index is 13.1. The molecule has 0 aliphatic carbocycles. The van der Waals surface area contributed by atoms with Gasteiger partial charge in [-0.15, -0.1) is 0 Å². The Bertz CT molecular complexity index is 716. The second kappa shape index (κ2) is 7.74. The van der Waals surface area contributed by atoms with Gasteiger partial charge in [-0.3, -0.25) is 4.79 Å². The van der Waals surface area contributed by atoms with Crippen LogP contribution >= 0.6 is 11.6 Å². The number of benzene rings is 2. The van der Waals surface area contributed by atoms with Crippen molar-refractivity contribution in [1.82, 2.24) is 5.32 Å².